The third-order valence-electron chi connectivity index (χ3n) is 3.20. The van der Waals surface area contributed by atoms with E-state index < -0.39 is 0 Å². The Morgan fingerprint density at radius 1 is 1.14 bits per heavy atom. The fourth-order valence-electron chi connectivity index (χ4n) is 2.02. The standard InChI is InChI=1S/C17H16N2OS/c1-12-2-4-13(5-3-12)11-20-16-7-6-14(10-15(16)18)17-19-8-9-21-17/h2-10H,11,18H2,1H3. The second-order valence-corrected chi connectivity index (χ2v) is 5.76. The Morgan fingerprint density at radius 2 is 1.95 bits per heavy atom. The van der Waals surface area contributed by atoms with Crippen LogP contribution in [0.5, 0.6) is 5.75 Å². The molecule has 0 saturated heterocycles. The molecule has 0 aliphatic rings. The van der Waals surface area contributed by atoms with Crippen LogP contribution in [-0.2, 0) is 6.61 Å². The van der Waals surface area contributed by atoms with Gasteiger partial charge in [-0.05, 0) is 30.7 Å². The zero-order chi connectivity index (χ0) is 14.7. The van der Waals surface area contributed by atoms with E-state index in [4.69, 9.17) is 10.5 Å². The molecule has 0 aliphatic heterocycles. The average Bonchev–Trinajstić information content (AvgIpc) is 3.02. The molecule has 4 heteroatoms. The molecule has 3 aromatic rings. The first-order chi connectivity index (χ1) is 10.2. The molecule has 2 N–H and O–H groups in total. The van der Waals surface area contributed by atoms with Crippen molar-refractivity contribution in [1.82, 2.24) is 4.98 Å². The fraction of sp³-hybridized carbons (Fsp3) is 0.118. The minimum atomic E-state index is 0.515. The van der Waals surface area contributed by atoms with E-state index >= 15 is 0 Å². The number of nitrogens with two attached hydrogens (primary N) is 1. The summed E-state index contributed by atoms with van der Waals surface area (Å²) in [5.74, 6) is 0.705. The van der Waals surface area contributed by atoms with Gasteiger partial charge in [0.05, 0.1) is 5.69 Å². The van der Waals surface area contributed by atoms with Gasteiger partial charge >= 0.3 is 0 Å². The topological polar surface area (TPSA) is 48.1 Å². The normalized spacial score (nSPS) is 10.5. The number of aryl methyl sites for hydroxylation is 1. The van der Waals surface area contributed by atoms with Crippen molar-refractivity contribution < 1.29 is 4.74 Å². The van der Waals surface area contributed by atoms with E-state index in [1.807, 2.05) is 23.6 Å². The van der Waals surface area contributed by atoms with E-state index in [0.29, 0.717) is 18.0 Å². The number of thiazole rings is 1. The third-order valence-corrected chi connectivity index (χ3v) is 4.03. The first-order valence-corrected chi connectivity index (χ1v) is 7.58. The number of benzene rings is 2. The second kappa shape index (κ2) is 5.97. The lowest BCUT2D eigenvalue weighted by atomic mass is 10.1. The van der Waals surface area contributed by atoms with Gasteiger partial charge in [0.15, 0.2) is 0 Å². The van der Waals surface area contributed by atoms with Gasteiger partial charge in [-0.15, -0.1) is 11.3 Å². The monoisotopic (exact) mass is 296 g/mol. The van der Waals surface area contributed by atoms with Crippen LogP contribution in [0.15, 0.2) is 54.0 Å². The molecule has 0 atom stereocenters. The maximum absolute atomic E-state index is 6.07. The summed E-state index contributed by atoms with van der Waals surface area (Å²) in [6.07, 6.45) is 1.79. The lowest BCUT2D eigenvalue weighted by Gasteiger charge is -2.10. The molecule has 1 aromatic heterocycles. The zero-order valence-electron chi connectivity index (χ0n) is 11.7. The SMILES string of the molecule is Cc1ccc(COc2ccc(-c3nccs3)cc2N)cc1. The van der Waals surface area contributed by atoms with Crippen LogP contribution in [0, 0.1) is 6.92 Å². The summed E-state index contributed by atoms with van der Waals surface area (Å²) in [6, 6.07) is 14.1. The molecule has 0 fully saturated rings. The molecule has 0 unspecified atom stereocenters. The number of nitrogen functional groups attached to an aromatic ring is 1. The molecule has 21 heavy (non-hydrogen) atoms. The summed E-state index contributed by atoms with van der Waals surface area (Å²) < 4.78 is 5.79. The zero-order valence-corrected chi connectivity index (χ0v) is 12.6. The van der Waals surface area contributed by atoms with E-state index in [1.165, 1.54) is 5.56 Å². The summed E-state index contributed by atoms with van der Waals surface area (Å²) >= 11 is 1.59. The van der Waals surface area contributed by atoms with Crippen LogP contribution in [0.25, 0.3) is 10.6 Å². The summed E-state index contributed by atoms with van der Waals surface area (Å²) in [7, 11) is 0. The number of anilines is 1. The van der Waals surface area contributed by atoms with Crippen molar-refractivity contribution in [1.29, 1.82) is 0 Å². The van der Waals surface area contributed by atoms with Crippen molar-refractivity contribution in [2.45, 2.75) is 13.5 Å². The minimum Gasteiger partial charge on any atom is -0.487 e. The van der Waals surface area contributed by atoms with E-state index in [2.05, 4.69) is 36.2 Å². The Morgan fingerprint density at radius 3 is 2.62 bits per heavy atom. The van der Waals surface area contributed by atoms with E-state index in [1.54, 1.807) is 17.5 Å². The van der Waals surface area contributed by atoms with Crippen LogP contribution in [0.3, 0.4) is 0 Å². The van der Waals surface area contributed by atoms with Gasteiger partial charge in [-0.3, -0.25) is 0 Å². The van der Waals surface area contributed by atoms with Gasteiger partial charge in [-0.25, -0.2) is 4.98 Å². The number of nitrogens with zero attached hydrogens (tertiary/aromatic N) is 1. The maximum Gasteiger partial charge on any atom is 0.142 e. The van der Waals surface area contributed by atoms with Crippen molar-refractivity contribution in [3.05, 3.63) is 65.2 Å². The fourth-order valence-corrected chi connectivity index (χ4v) is 2.66. The molecular formula is C17H16N2OS. The molecule has 0 spiro atoms. The summed E-state index contributed by atoms with van der Waals surface area (Å²) in [4.78, 5) is 4.28. The molecule has 106 valence electrons. The molecule has 0 aliphatic carbocycles. The molecule has 0 saturated carbocycles. The first-order valence-electron chi connectivity index (χ1n) is 6.70. The van der Waals surface area contributed by atoms with Crippen molar-refractivity contribution in [3.63, 3.8) is 0 Å². The predicted octanol–water partition coefficient (Wildman–Crippen LogP) is 4.28. The van der Waals surface area contributed by atoms with Crippen LogP contribution in [-0.4, -0.2) is 4.98 Å². The lowest BCUT2D eigenvalue weighted by Crippen LogP contribution is -1.99. The van der Waals surface area contributed by atoms with Crippen molar-refractivity contribution in [3.8, 4) is 16.3 Å². The van der Waals surface area contributed by atoms with Crippen LogP contribution in [0.1, 0.15) is 11.1 Å². The van der Waals surface area contributed by atoms with Crippen molar-refractivity contribution in [2.24, 2.45) is 0 Å². The maximum atomic E-state index is 6.07. The largest absolute Gasteiger partial charge is 0.487 e. The smallest absolute Gasteiger partial charge is 0.142 e. The van der Waals surface area contributed by atoms with Gasteiger partial charge < -0.3 is 10.5 Å². The number of hydrogen-bond acceptors (Lipinski definition) is 4. The van der Waals surface area contributed by atoms with Crippen LogP contribution in [0.2, 0.25) is 0 Å². The average molecular weight is 296 g/mol. The lowest BCUT2D eigenvalue weighted by molar-refractivity contribution is 0.308. The molecule has 2 aromatic carbocycles. The highest BCUT2D eigenvalue weighted by Gasteiger charge is 2.06. The van der Waals surface area contributed by atoms with Crippen LogP contribution < -0.4 is 10.5 Å². The highest BCUT2D eigenvalue weighted by molar-refractivity contribution is 7.13. The number of ether oxygens (including phenoxy) is 1. The Bertz CT molecular complexity index is 721. The molecule has 0 radical (unpaired) electrons. The van der Waals surface area contributed by atoms with Gasteiger partial charge in [-0.1, -0.05) is 29.8 Å². The number of rotatable bonds is 4. The summed E-state index contributed by atoms with van der Waals surface area (Å²) in [5.41, 5.74) is 10.1. The van der Waals surface area contributed by atoms with Gasteiger partial charge in [0, 0.05) is 17.1 Å². The van der Waals surface area contributed by atoms with Gasteiger partial charge in [0.1, 0.15) is 17.4 Å². The van der Waals surface area contributed by atoms with Gasteiger partial charge in [0.25, 0.3) is 0 Å². The highest BCUT2D eigenvalue weighted by atomic mass is 32.1. The summed E-state index contributed by atoms with van der Waals surface area (Å²) in [6.45, 7) is 2.58. The Kier molecular flexibility index (Phi) is 3.88. The van der Waals surface area contributed by atoms with Crippen LogP contribution in [0.4, 0.5) is 5.69 Å². The molecule has 3 nitrogen and oxygen atoms in total. The molecule has 1 heterocycles. The Labute approximate surface area is 128 Å². The molecule has 0 amide bonds. The molecular weight excluding hydrogens is 280 g/mol. The van der Waals surface area contributed by atoms with Crippen molar-refractivity contribution >= 4 is 17.0 Å². The Balaban J connectivity index is 1.73. The van der Waals surface area contributed by atoms with E-state index in [9.17, 15) is 0 Å². The van der Waals surface area contributed by atoms with Gasteiger partial charge in [0.2, 0.25) is 0 Å². The first kappa shape index (κ1) is 13.6. The highest BCUT2D eigenvalue weighted by Crippen LogP contribution is 2.30. The quantitative estimate of drug-likeness (QED) is 0.731. The minimum absolute atomic E-state index is 0.515. The second-order valence-electron chi connectivity index (χ2n) is 4.86. The van der Waals surface area contributed by atoms with Gasteiger partial charge in [-0.2, -0.15) is 0 Å². The van der Waals surface area contributed by atoms with E-state index in [0.717, 1.165) is 16.1 Å². The van der Waals surface area contributed by atoms with Crippen LogP contribution >= 0.6 is 11.3 Å². The predicted molar refractivity (Wildman–Crippen MR) is 87.5 cm³/mol. The third kappa shape index (κ3) is 3.23. The number of aromatic nitrogens is 1. The van der Waals surface area contributed by atoms with Crippen molar-refractivity contribution in [2.75, 3.05) is 5.73 Å². The number of hydrogen-bond donors (Lipinski definition) is 1. The van der Waals surface area contributed by atoms with E-state index in [-0.39, 0.29) is 0 Å². The Hall–Kier alpha value is -2.33. The molecule has 0 bridgehead atoms. The molecule has 3 rings (SSSR count). The summed E-state index contributed by atoms with van der Waals surface area (Å²) in [5, 5.41) is 2.92.